The van der Waals surface area contributed by atoms with Crippen LogP contribution in [0.3, 0.4) is 0 Å². The standard InChI is InChI=1S/C11H18O2/c1-9-7-8-10(12)5-3-2-4-6-11(9)13/h9H,2-8H2,1H3. The first kappa shape index (κ1) is 10.4. The number of Topliss-reactive ketones (excluding diaryl/α,β-unsaturated/α-hetero) is 2. The highest BCUT2D eigenvalue weighted by Crippen LogP contribution is 2.16. The van der Waals surface area contributed by atoms with E-state index in [0.717, 1.165) is 38.5 Å². The Labute approximate surface area is 79.7 Å². The third kappa shape index (κ3) is 3.71. The van der Waals surface area contributed by atoms with Crippen LogP contribution in [0.1, 0.15) is 51.9 Å². The smallest absolute Gasteiger partial charge is 0.135 e. The van der Waals surface area contributed by atoms with Crippen LogP contribution < -0.4 is 0 Å². The molecule has 1 unspecified atom stereocenters. The van der Waals surface area contributed by atoms with Crippen molar-refractivity contribution in [3.63, 3.8) is 0 Å². The average Bonchev–Trinajstić information content (AvgIpc) is 2.12. The van der Waals surface area contributed by atoms with Gasteiger partial charge >= 0.3 is 0 Å². The second kappa shape index (κ2) is 5.15. The Hall–Kier alpha value is -0.660. The van der Waals surface area contributed by atoms with Crippen LogP contribution >= 0.6 is 0 Å². The second-order valence-corrected chi connectivity index (χ2v) is 4.01. The molecule has 0 radical (unpaired) electrons. The maximum Gasteiger partial charge on any atom is 0.135 e. The lowest BCUT2D eigenvalue weighted by Crippen LogP contribution is -2.14. The monoisotopic (exact) mass is 182 g/mol. The molecule has 1 aliphatic rings. The van der Waals surface area contributed by atoms with Gasteiger partial charge in [-0.3, -0.25) is 9.59 Å². The molecule has 2 heteroatoms. The molecule has 0 aromatic heterocycles. The third-order valence-corrected chi connectivity index (χ3v) is 2.78. The Bertz CT molecular complexity index is 196. The van der Waals surface area contributed by atoms with Crippen LogP contribution in [0.15, 0.2) is 0 Å². The predicted molar refractivity (Wildman–Crippen MR) is 51.5 cm³/mol. The topological polar surface area (TPSA) is 34.1 Å². The van der Waals surface area contributed by atoms with E-state index in [1.807, 2.05) is 6.92 Å². The van der Waals surface area contributed by atoms with Crippen molar-refractivity contribution >= 4 is 11.6 Å². The van der Waals surface area contributed by atoms with E-state index in [1.165, 1.54) is 0 Å². The summed E-state index contributed by atoms with van der Waals surface area (Å²) >= 11 is 0. The van der Waals surface area contributed by atoms with Crippen molar-refractivity contribution in [1.29, 1.82) is 0 Å². The first-order valence-corrected chi connectivity index (χ1v) is 5.24. The Kier molecular flexibility index (Phi) is 4.13. The van der Waals surface area contributed by atoms with Crippen LogP contribution in [0.2, 0.25) is 0 Å². The van der Waals surface area contributed by atoms with E-state index >= 15 is 0 Å². The van der Waals surface area contributed by atoms with Crippen molar-refractivity contribution in [2.24, 2.45) is 5.92 Å². The fourth-order valence-corrected chi connectivity index (χ4v) is 1.71. The molecule has 13 heavy (non-hydrogen) atoms. The van der Waals surface area contributed by atoms with Gasteiger partial charge in [0.15, 0.2) is 0 Å². The van der Waals surface area contributed by atoms with E-state index in [1.54, 1.807) is 0 Å². The minimum atomic E-state index is 0.0991. The Morgan fingerprint density at radius 1 is 1.00 bits per heavy atom. The van der Waals surface area contributed by atoms with Gasteiger partial charge in [0.2, 0.25) is 0 Å². The molecular weight excluding hydrogens is 164 g/mol. The molecule has 1 rings (SSSR count). The van der Waals surface area contributed by atoms with Gasteiger partial charge in [-0.15, -0.1) is 0 Å². The van der Waals surface area contributed by atoms with Crippen molar-refractivity contribution in [3.8, 4) is 0 Å². The zero-order chi connectivity index (χ0) is 9.68. The summed E-state index contributed by atoms with van der Waals surface area (Å²) in [5.74, 6) is 0.776. The molecule has 1 atom stereocenters. The van der Waals surface area contributed by atoms with Crippen LogP contribution in [-0.4, -0.2) is 11.6 Å². The van der Waals surface area contributed by atoms with E-state index in [2.05, 4.69) is 0 Å². The van der Waals surface area contributed by atoms with E-state index in [9.17, 15) is 9.59 Å². The lowest BCUT2D eigenvalue weighted by molar-refractivity contribution is -0.123. The van der Waals surface area contributed by atoms with Gasteiger partial charge < -0.3 is 0 Å². The Morgan fingerprint density at radius 2 is 1.69 bits per heavy atom. The molecule has 0 heterocycles. The number of rotatable bonds is 0. The van der Waals surface area contributed by atoms with Gasteiger partial charge in [0.25, 0.3) is 0 Å². The highest BCUT2D eigenvalue weighted by Gasteiger charge is 2.15. The maximum absolute atomic E-state index is 11.4. The van der Waals surface area contributed by atoms with E-state index in [-0.39, 0.29) is 5.92 Å². The normalized spacial score (nSPS) is 27.3. The summed E-state index contributed by atoms with van der Waals surface area (Å²) in [4.78, 5) is 22.7. The van der Waals surface area contributed by atoms with E-state index in [0.29, 0.717) is 18.0 Å². The largest absolute Gasteiger partial charge is 0.300 e. The lowest BCUT2D eigenvalue weighted by Gasteiger charge is -2.11. The summed E-state index contributed by atoms with van der Waals surface area (Å²) in [6.45, 7) is 1.94. The van der Waals surface area contributed by atoms with Crippen molar-refractivity contribution in [2.45, 2.75) is 51.9 Å². The van der Waals surface area contributed by atoms with Gasteiger partial charge in [0, 0.05) is 25.2 Å². The van der Waals surface area contributed by atoms with E-state index < -0.39 is 0 Å². The highest BCUT2D eigenvalue weighted by molar-refractivity contribution is 5.82. The molecule has 2 nitrogen and oxygen atoms in total. The number of ketones is 2. The lowest BCUT2D eigenvalue weighted by atomic mass is 9.92. The van der Waals surface area contributed by atoms with Crippen LogP contribution in [0.5, 0.6) is 0 Å². The Balaban J connectivity index is 2.44. The SMILES string of the molecule is CC1CCC(=O)CCCCCC1=O. The molecule has 1 aliphatic carbocycles. The van der Waals surface area contributed by atoms with Crippen LogP contribution in [0, 0.1) is 5.92 Å². The summed E-state index contributed by atoms with van der Waals surface area (Å²) in [5, 5.41) is 0. The second-order valence-electron chi connectivity index (χ2n) is 4.01. The number of hydrogen-bond donors (Lipinski definition) is 0. The van der Waals surface area contributed by atoms with Crippen molar-refractivity contribution in [1.82, 2.24) is 0 Å². The van der Waals surface area contributed by atoms with Gasteiger partial charge in [-0.05, 0) is 19.3 Å². The predicted octanol–water partition coefficient (Wildman–Crippen LogP) is 2.51. The van der Waals surface area contributed by atoms with Gasteiger partial charge in [0.05, 0.1) is 0 Å². The zero-order valence-electron chi connectivity index (χ0n) is 8.34. The molecule has 1 saturated carbocycles. The fourth-order valence-electron chi connectivity index (χ4n) is 1.71. The third-order valence-electron chi connectivity index (χ3n) is 2.78. The van der Waals surface area contributed by atoms with Crippen LogP contribution in [-0.2, 0) is 9.59 Å². The molecule has 0 spiro atoms. The van der Waals surface area contributed by atoms with E-state index in [4.69, 9.17) is 0 Å². The number of carbonyl (C=O) groups is 2. The summed E-state index contributed by atoms with van der Waals surface area (Å²) in [5.41, 5.74) is 0. The van der Waals surface area contributed by atoms with Gasteiger partial charge in [0.1, 0.15) is 11.6 Å². The zero-order valence-corrected chi connectivity index (χ0v) is 8.34. The molecule has 0 saturated heterocycles. The molecule has 0 aromatic rings. The molecule has 0 aromatic carbocycles. The summed E-state index contributed by atoms with van der Waals surface area (Å²) in [7, 11) is 0. The maximum atomic E-state index is 11.4. The van der Waals surface area contributed by atoms with Crippen molar-refractivity contribution in [2.75, 3.05) is 0 Å². The first-order chi connectivity index (χ1) is 6.20. The van der Waals surface area contributed by atoms with Crippen molar-refractivity contribution < 1.29 is 9.59 Å². The molecular formula is C11H18O2. The molecule has 1 fully saturated rings. The minimum absolute atomic E-state index is 0.0991. The first-order valence-electron chi connectivity index (χ1n) is 5.24. The number of carbonyl (C=O) groups excluding carboxylic acids is 2. The Morgan fingerprint density at radius 3 is 2.46 bits per heavy atom. The van der Waals surface area contributed by atoms with Gasteiger partial charge in [-0.25, -0.2) is 0 Å². The summed E-state index contributed by atoms with van der Waals surface area (Å²) < 4.78 is 0. The van der Waals surface area contributed by atoms with Gasteiger partial charge in [-0.2, -0.15) is 0 Å². The summed E-state index contributed by atoms with van der Waals surface area (Å²) in [6, 6.07) is 0. The minimum Gasteiger partial charge on any atom is -0.300 e. The molecule has 0 aliphatic heterocycles. The quantitative estimate of drug-likeness (QED) is 0.577. The molecule has 0 amide bonds. The average molecular weight is 182 g/mol. The van der Waals surface area contributed by atoms with Gasteiger partial charge in [-0.1, -0.05) is 13.3 Å². The van der Waals surface area contributed by atoms with Crippen molar-refractivity contribution in [3.05, 3.63) is 0 Å². The van der Waals surface area contributed by atoms with Crippen LogP contribution in [0.25, 0.3) is 0 Å². The van der Waals surface area contributed by atoms with Crippen LogP contribution in [0.4, 0.5) is 0 Å². The highest BCUT2D eigenvalue weighted by atomic mass is 16.1. The number of hydrogen-bond acceptors (Lipinski definition) is 2. The molecule has 0 N–H and O–H groups in total. The fraction of sp³-hybridized carbons (Fsp3) is 0.818. The summed E-state index contributed by atoms with van der Waals surface area (Å²) in [6.07, 6.45) is 5.78. The molecule has 74 valence electrons. The molecule has 0 bridgehead atoms.